The summed E-state index contributed by atoms with van der Waals surface area (Å²) < 4.78 is 5.84. The Balaban J connectivity index is 1.93. The van der Waals surface area contributed by atoms with Gasteiger partial charge >= 0.3 is 0 Å². The Morgan fingerprint density at radius 2 is 1.65 bits per heavy atom. The van der Waals surface area contributed by atoms with Gasteiger partial charge in [-0.15, -0.1) is 11.3 Å². The highest BCUT2D eigenvalue weighted by Gasteiger charge is 2.12. The SMILES string of the molecule is CNCc1ccc(COc2ccc(C(C)(C)C)cc2)s1. The summed E-state index contributed by atoms with van der Waals surface area (Å²) in [5, 5.41) is 3.16. The minimum absolute atomic E-state index is 0.189. The molecule has 2 rings (SSSR count). The molecule has 0 amide bonds. The van der Waals surface area contributed by atoms with Crippen LogP contribution in [0.25, 0.3) is 0 Å². The summed E-state index contributed by atoms with van der Waals surface area (Å²) >= 11 is 1.80. The molecule has 3 heteroatoms. The minimum Gasteiger partial charge on any atom is -0.488 e. The maximum Gasteiger partial charge on any atom is 0.122 e. The first-order valence-corrected chi connectivity index (χ1v) is 7.76. The van der Waals surface area contributed by atoms with Gasteiger partial charge in [0.2, 0.25) is 0 Å². The van der Waals surface area contributed by atoms with Crippen molar-refractivity contribution in [3.8, 4) is 5.75 Å². The van der Waals surface area contributed by atoms with E-state index in [1.807, 2.05) is 7.05 Å². The van der Waals surface area contributed by atoms with Crippen LogP contribution in [-0.2, 0) is 18.6 Å². The number of hydrogen-bond donors (Lipinski definition) is 1. The van der Waals surface area contributed by atoms with Gasteiger partial charge in [-0.25, -0.2) is 0 Å². The standard InChI is InChI=1S/C17H23NOS/c1-17(2,3)13-5-7-14(8-6-13)19-12-16-10-9-15(20-16)11-18-4/h5-10,18H,11-12H2,1-4H3. The minimum atomic E-state index is 0.189. The quantitative estimate of drug-likeness (QED) is 0.884. The third-order valence-corrected chi connectivity index (χ3v) is 4.23. The number of nitrogens with one attached hydrogen (secondary N) is 1. The summed E-state index contributed by atoms with van der Waals surface area (Å²) in [5.74, 6) is 0.932. The smallest absolute Gasteiger partial charge is 0.122 e. The van der Waals surface area contributed by atoms with Crippen LogP contribution in [0.4, 0.5) is 0 Å². The summed E-state index contributed by atoms with van der Waals surface area (Å²) in [5.41, 5.74) is 1.52. The van der Waals surface area contributed by atoms with Crippen molar-refractivity contribution in [2.45, 2.75) is 39.3 Å². The third kappa shape index (κ3) is 4.09. The monoisotopic (exact) mass is 289 g/mol. The molecule has 1 aromatic heterocycles. The number of ether oxygens (including phenoxy) is 1. The van der Waals surface area contributed by atoms with Crippen molar-refractivity contribution in [2.24, 2.45) is 0 Å². The van der Waals surface area contributed by atoms with Gasteiger partial charge in [0.25, 0.3) is 0 Å². The second kappa shape index (κ2) is 6.42. The van der Waals surface area contributed by atoms with Crippen molar-refractivity contribution in [2.75, 3.05) is 7.05 Å². The van der Waals surface area contributed by atoms with Gasteiger partial charge in [0.1, 0.15) is 12.4 Å². The number of benzene rings is 1. The fourth-order valence-corrected chi connectivity index (χ4v) is 2.92. The molecule has 0 unspecified atom stereocenters. The third-order valence-electron chi connectivity index (χ3n) is 3.17. The number of hydrogen-bond acceptors (Lipinski definition) is 3. The van der Waals surface area contributed by atoms with Crippen LogP contribution in [0.1, 0.15) is 36.1 Å². The fraction of sp³-hybridized carbons (Fsp3) is 0.412. The lowest BCUT2D eigenvalue weighted by Crippen LogP contribution is -2.10. The highest BCUT2D eigenvalue weighted by atomic mass is 32.1. The van der Waals surface area contributed by atoms with E-state index in [1.54, 1.807) is 11.3 Å². The van der Waals surface area contributed by atoms with E-state index >= 15 is 0 Å². The van der Waals surface area contributed by atoms with Gasteiger partial charge in [-0.2, -0.15) is 0 Å². The van der Waals surface area contributed by atoms with Gasteiger partial charge < -0.3 is 10.1 Å². The lowest BCUT2D eigenvalue weighted by molar-refractivity contribution is 0.309. The van der Waals surface area contributed by atoms with E-state index < -0.39 is 0 Å². The Kier molecular flexibility index (Phi) is 4.84. The van der Waals surface area contributed by atoms with Gasteiger partial charge in [0.15, 0.2) is 0 Å². The molecule has 0 saturated carbocycles. The zero-order valence-corrected chi connectivity index (χ0v) is 13.5. The van der Waals surface area contributed by atoms with Crippen LogP contribution in [0.15, 0.2) is 36.4 Å². The van der Waals surface area contributed by atoms with Gasteiger partial charge in [-0.05, 0) is 42.3 Å². The molecule has 0 aliphatic carbocycles. The maximum atomic E-state index is 5.84. The average Bonchev–Trinajstić information content (AvgIpc) is 2.84. The van der Waals surface area contributed by atoms with Crippen LogP contribution in [0.2, 0.25) is 0 Å². The molecule has 20 heavy (non-hydrogen) atoms. The molecule has 2 nitrogen and oxygen atoms in total. The van der Waals surface area contributed by atoms with Crippen molar-refractivity contribution >= 4 is 11.3 Å². The Hall–Kier alpha value is -1.32. The maximum absolute atomic E-state index is 5.84. The largest absolute Gasteiger partial charge is 0.488 e. The van der Waals surface area contributed by atoms with E-state index in [2.05, 4.69) is 62.5 Å². The highest BCUT2D eigenvalue weighted by Crippen LogP contribution is 2.25. The van der Waals surface area contributed by atoms with Crippen LogP contribution >= 0.6 is 11.3 Å². The van der Waals surface area contributed by atoms with E-state index in [9.17, 15) is 0 Å². The first kappa shape index (κ1) is 15.1. The van der Waals surface area contributed by atoms with Crippen LogP contribution in [0.3, 0.4) is 0 Å². The van der Waals surface area contributed by atoms with Crippen molar-refractivity contribution < 1.29 is 4.74 Å². The van der Waals surface area contributed by atoms with Crippen molar-refractivity contribution in [3.05, 3.63) is 51.7 Å². The van der Waals surface area contributed by atoms with Crippen molar-refractivity contribution in [1.82, 2.24) is 5.32 Å². The predicted molar refractivity (Wildman–Crippen MR) is 86.6 cm³/mol. The summed E-state index contributed by atoms with van der Waals surface area (Å²) in [6.45, 7) is 8.22. The van der Waals surface area contributed by atoms with Crippen LogP contribution in [0.5, 0.6) is 5.75 Å². The topological polar surface area (TPSA) is 21.3 Å². The van der Waals surface area contributed by atoms with Crippen molar-refractivity contribution in [3.63, 3.8) is 0 Å². The molecule has 1 N–H and O–H groups in total. The molecule has 0 aliphatic heterocycles. The number of thiophene rings is 1. The molecular weight excluding hydrogens is 266 g/mol. The molecule has 2 aromatic rings. The first-order valence-electron chi connectivity index (χ1n) is 6.94. The molecule has 0 fully saturated rings. The van der Waals surface area contributed by atoms with Gasteiger partial charge in [-0.3, -0.25) is 0 Å². The van der Waals surface area contributed by atoms with E-state index in [0.717, 1.165) is 12.3 Å². The second-order valence-electron chi connectivity index (χ2n) is 5.96. The molecule has 0 saturated heterocycles. The van der Waals surface area contributed by atoms with Crippen LogP contribution in [0, 0.1) is 0 Å². The molecule has 1 heterocycles. The zero-order chi connectivity index (χ0) is 14.6. The molecule has 0 spiro atoms. The zero-order valence-electron chi connectivity index (χ0n) is 12.7. The van der Waals surface area contributed by atoms with Crippen LogP contribution < -0.4 is 10.1 Å². The highest BCUT2D eigenvalue weighted by molar-refractivity contribution is 7.11. The molecule has 0 bridgehead atoms. The normalized spacial score (nSPS) is 11.6. The van der Waals surface area contributed by atoms with E-state index in [0.29, 0.717) is 6.61 Å². The summed E-state index contributed by atoms with van der Waals surface area (Å²) in [7, 11) is 1.96. The lowest BCUT2D eigenvalue weighted by Gasteiger charge is -2.19. The van der Waals surface area contributed by atoms with E-state index in [-0.39, 0.29) is 5.41 Å². The Labute approximate surface area is 125 Å². The Morgan fingerprint density at radius 1 is 1.00 bits per heavy atom. The Bertz CT molecular complexity index is 537. The molecule has 1 aromatic carbocycles. The molecule has 0 radical (unpaired) electrons. The molecule has 0 aliphatic rings. The first-order chi connectivity index (χ1) is 9.49. The molecule has 0 atom stereocenters. The fourth-order valence-electron chi connectivity index (χ4n) is 1.97. The summed E-state index contributed by atoms with van der Waals surface area (Å²) in [4.78, 5) is 2.60. The van der Waals surface area contributed by atoms with Gasteiger partial charge in [0, 0.05) is 16.3 Å². The molecule has 108 valence electrons. The van der Waals surface area contributed by atoms with E-state index in [1.165, 1.54) is 15.3 Å². The molecular formula is C17H23NOS. The summed E-state index contributed by atoms with van der Waals surface area (Å²) in [6.07, 6.45) is 0. The van der Waals surface area contributed by atoms with Crippen LogP contribution in [-0.4, -0.2) is 7.05 Å². The van der Waals surface area contributed by atoms with Gasteiger partial charge in [-0.1, -0.05) is 32.9 Å². The second-order valence-corrected chi connectivity index (χ2v) is 7.21. The van der Waals surface area contributed by atoms with Gasteiger partial charge in [0.05, 0.1) is 0 Å². The summed E-state index contributed by atoms with van der Waals surface area (Å²) in [6, 6.07) is 12.7. The number of rotatable bonds is 5. The lowest BCUT2D eigenvalue weighted by atomic mass is 9.87. The average molecular weight is 289 g/mol. The van der Waals surface area contributed by atoms with Crippen molar-refractivity contribution in [1.29, 1.82) is 0 Å². The van der Waals surface area contributed by atoms with E-state index in [4.69, 9.17) is 4.74 Å². The Morgan fingerprint density at radius 3 is 2.25 bits per heavy atom. The predicted octanol–water partition coefficient (Wildman–Crippen LogP) is 4.34.